The second-order valence-electron chi connectivity index (χ2n) is 4.78. The minimum atomic E-state index is -0.339. The Hall–Kier alpha value is -1.14. The van der Waals surface area contributed by atoms with Gasteiger partial charge in [-0.25, -0.2) is 9.78 Å². The highest BCUT2D eigenvalue weighted by Gasteiger charge is 2.23. The number of hydrogen-bond acceptors (Lipinski definition) is 6. The van der Waals surface area contributed by atoms with Crippen LogP contribution in [0.5, 0.6) is 0 Å². The van der Waals surface area contributed by atoms with Gasteiger partial charge in [-0.15, -0.1) is 11.3 Å². The molecule has 1 heterocycles. The Morgan fingerprint density at radius 1 is 1.33 bits per heavy atom. The molecule has 1 aromatic heterocycles. The van der Waals surface area contributed by atoms with Gasteiger partial charge in [-0.3, -0.25) is 0 Å². The van der Waals surface area contributed by atoms with Gasteiger partial charge < -0.3 is 14.4 Å². The quantitative estimate of drug-likeness (QED) is 0.655. The van der Waals surface area contributed by atoms with Crippen LogP contribution >= 0.6 is 11.3 Å². The number of anilines is 1. The SMILES string of the molecule is CCOC(=O)c1nc(N(CCOC)C(CC)CC)sc1C. The summed E-state index contributed by atoms with van der Waals surface area (Å²) in [5.41, 5.74) is 0.435. The first-order valence-corrected chi connectivity index (χ1v) is 8.30. The summed E-state index contributed by atoms with van der Waals surface area (Å²) < 4.78 is 10.3. The van der Waals surface area contributed by atoms with E-state index < -0.39 is 0 Å². The molecule has 0 saturated carbocycles. The maximum absolute atomic E-state index is 11.9. The number of rotatable bonds is 9. The number of aryl methyl sites for hydroxylation is 1. The van der Waals surface area contributed by atoms with Crippen molar-refractivity contribution in [1.82, 2.24) is 4.98 Å². The Morgan fingerprint density at radius 3 is 2.52 bits per heavy atom. The van der Waals surface area contributed by atoms with Crippen molar-refractivity contribution in [2.45, 2.75) is 46.6 Å². The van der Waals surface area contributed by atoms with Crippen LogP contribution in [0.15, 0.2) is 0 Å². The highest BCUT2D eigenvalue weighted by atomic mass is 32.1. The molecule has 5 nitrogen and oxygen atoms in total. The van der Waals surface area contributed by atoms with Gasteiger partial charge in [0.05, 0.1) is 13.2 Å². The molecule has 0 aliphatic carbocycles. The maximum atomic E-state index is 11.9. The second-order valence-corrected chi connectivity index (χ2v) is 5.96. The number of thiazole rings is 1. The van der Waals surface area contributed by atoms with Crippen LogP contribution in [0.25, 0.3) is 0 Å². The molecule has 0 unspecified atom stereocenters. The molecule has 1 aromatic rings. The Morgan fingerprint density at radius 2 is 2.00 bits per heavy atom. The summed E-state index contributed by atoms with van der Waals surface area (Å²) in [7, 11) is 1.70. The molecule has 0 aliphatic rings. The number of aromatic nitrogens is 1. The van der Waals surface area contributed by atoms with Crippen LogP contribution in [0, 0.1) is 6.92 Å². The molecule has 120 valence electrons. The van der Waals surface area contributed by atoms with Gasteiger partial charge >= 0.3 is 5.97 Å². The number of esters is 1. The number of carbonyl (C=O) groups excluding carboxylic acids is 1. The molecule has 0 saturated heterocycles. The smallest absolute Gasteiger partial charge is 0.358 e. The fourth-order valence-electron chi connectivity index (χ4n) is 2.25. The van der Waals surface area contributed by atoms with Gasteiger partial charge in [-0.1, -0.05) is 13.8 Å². The topological polar surface area (TPSA) is 51.7 Å². The van der Waals surface area contributed by atoms with Crippen molar-refractivity contribution in [3.05, 3.63) is 10.6 Å². The molecule has 0 amide bonds. The average molecular weight is 314 g/mol. The highest BCUT2D eigenvalue weighted by molar-refractivity contribution is 7.15. The average Bonchev–Trinajstić information content (AvgIpc) is 2.85. The van der Waals surface area contributed by atoms with Gasteiger partial charge in [-0.2, -0.15) is 0 Å². The summed E-state index contributed by atoms with van der Waals surface area (Å²) in [6.07, 6.45) is 2.07. The molecule has 0 bridgehead atoms. The Labute approximate surface area is 131 Å². The number of carbonyl (C=O) groups is 1. The van der Waals surface area contributed by atoms with Crippen molar-refractivity contribution in [3.8, 4) is 0 Å². The third-order valence-electron chi connectivity index (χ3n) is 3.42. The van der Waals surface area contributed by atoms with Crippen LogP contribution in [0.2, 0.25) is 0 Å². The predicted octanol–water partition coefficient (Wildman–Crippen LogP) is 3.27. The molecule has 0 radical (unpaired) electrons. The van der Waals surface area contributed by atoms with E-state index in [1.54, 1.807) is 25.4 Å². The van der Waals surface area contributed by atoms with E-state index in [0.717, 1.165) is 29.4 Å². The molecule has 6 heteroatoms. The standard InChI is InChI=1S/C15H26N2O3S/c1-6-12(7-2)17(9-10-19-5)15-16-13(11(4)21-15)14(18)20-8-3/h12H,6-10H2,1-5H3. The molecule has 0 aromatic carbocycles. The van der Waals surface area contributed by atoms with Gasteiger partial charge in [0.25, 0.3) is 0 Å². The summed E-state index contributed by atoms with van der Waals surface area (Å²) >= 11 is 1.54. The number of methoxy groups -OCH3 is 1. The Kier molecular flexibility index (Phi) is 7.67. The zero-order valence-corrected chi connectivity index (χ0v) is 14.5. The van der Waals surface area contributed by atoms with E-state index >= 15 is 0 Å². The van der Waals surface area contributed by atoms with Crippen molar-refractivity contribution >= 4 is 22.4 Å². The number of hydrogen-bond donors (Lipinski definition) is 0. The highest BCUT2D eigenvalue weighted by Crippen LogP contribution is 2.29. The van der Waals surface area contributed by atoms with Crippen LogP contribution in [0.1, 0.15) is 49.0 Å². The summed E-state index contributed by atoms with van der Waals surface area (Å²) in [5.74, 6) is -0.339. The van der Waals surface area contributed by atoms with Gasteiger partial charge in [0.2, 0.25) is 0 Å². The number of nitrogens with zero attached hydrogens (tertiary/aromatic N) is 2. The van der Waals surface area contributed by atoms with Crippen molar-refractivity contribution < 1.29 is 14.3 Å². The lowest BCUT2D eigenvalue weighted by molar-refractivity contribution is 0.0519. The lowest BCUT2D eigenvalue weighted by atomic mass is 10.1. The van der Waals surface area contributed by atoms with E-state index in [1.165, 1.54) is 0 Å². The summed E-state index contributed by atoms with van der Waals surface area (Å²) in [5, 5.41) is 0.876. The van der Waals surface area contributed by atoms with Gasteiger partial charge in [0.1, 0.15) is 0 Å². The van der Waals surface area contributed by atoms with E-state index in [1.807, 2.05) is 6.92 Å². The Balaban J connectivity index is 3.02. The second kappa shape index (κ2) is 9.00. The van der Waals surface area contributed by atoms with Crippen LogP contribution in [-0.4, -0.2) is 43.9 Å². The predicted molar refractivity (Wildman–Crippen MR) is 86.4 cm³/mol. The number of ether oxygens (including phenoxy) is 2. The molecule has 0 aliphatic heterocycles. The lowest BCUT2D eigenvalue weighted by Gasteiger charge is -2.29. The molecular formula is C15H26N2O3S. The van der Waals surface area contributed by atoms with Crippen LogP contribution in [0.4, 0.5) is 5.13 Å². The Bertz CT molecular complexity index is 444. The first-order valence-electron chi connectivity index (χ1n) is 7.49. The van der Waals surface area contributed by atoms with Crippen LogP contribution in [0.3, 0.4) is 0 Å². The van der Waals surface area contributed by atoms with Gasteiger partial charge in [-0.05, 0) is 26.7 Å². The summed E-state index contributed by atoms with van der Waals surface area (Å²) in [6, 6.07) is 0.403. The van der Waals surface area contributed by atoms with Crippen LogP contribution in [-0.2, 0) is 9.47 Å². The third-order valence-corrected chi connectivity index (χ3v) is 4.43. The molecule has 0 N–H and O–H groups in total. The van der Waals surface area contributed by atoms with Crippen molar-refractivity contribution in [2.24, 2.45) is 0 Å². The summed E-state index contributed by atoms with van der Waals surface area (Å²) in [4.78, 5) is 19.6. The van der Waals surface area contributed by atoms with E-state index in [-0.39, 0.29) is 5.97 Å². The van der Waals surface area contributed by atoms with E-state index in [0.29, 0.717) is 24.9 Å². The maximum Gasteiger partial charge on any atom is 0.358 e. The monoisotopic (exact) mass is 314 g/mol. The zero-order valence-electron chi connectivity index (χ0n) is 13.6. The fourth-order valence-corrected chi connectivity index (χ4v) is 3.24. The summed E-state index contributed by atoms with van der Waals surface area (Å²) in [6.45, 7) is 9.83. The normalized spacial score (nSPS) is 11.0. The minimum absolute atomic E-state index is 0.339. The van der Waals surface area contributed by atoms with Crippen molar-refractivity contribution in [1.29, 1.82) is 0 Å². The van der Waals surface area contributed by atoms with E-state index in [2.05, 4.69) is 23.7 Å². The van der Waals surface area contributed by atoms with Gasteiger partial charge in [0, 0.05) is 24.6 Å². The van der Waals surface area contributed by atoms with E-state index in [4.69, 9.17) is 9.47 Å². The molecule has 0 atom stereocenters. The first-order chi connectivity index (χ1) is 10.1. The molecule has 0 fully saturated rings. The first kappa shape index (κ1) is 17.9. The molecule has 21 heavy (non-hydrogen) atoms. The molecule has 1 rings (SSSR count). The van der Waals surface area contributed by atoms with E-state index in [9.17, 15) is 4.79 Å². The minimum Gasteiger partial charge on any atom is -0.461 e. The van der Waals surface area contributed by atoms with Crippen molar-refractivity contribution in [3.63, 3.8) is 0 Å². The lowest BCUT2D eigenvalue weighted by Crippen LogP contribution is -2.37. The third kappa shape index (κ3) is 4.68. The van der Waals surface area contributed by atoms with Gasteiger partial charge in [0.15, 0.2) is 10.8 Å². The zero-order chi connectivity index (χ0) is 15.8. The largest absolute Gasteiger partial charge is 0.461 e. The molecular weight excluding hydrogens is 288 g/mol. The fraction of sp³-hybridized carbons (Fsp3) is 0.733. The molecule has 0 spiro atoms. The van der Waals surface area contributed by atoms with Crippen molar-refractivity contribution in [2.75, 3.05) is 31.8 Å². The van der Waals surface area contributed by atoms with Crippen LogP contribution < -0.4 is 4.90 Å².